The number of carbonyl (C=O) groups is 1. The lowest BCUT2D eigenvalue weighted by molar-refractivity contribution is -0.136. The second kappa shape index (κ2) is 7.24. The van der Waals surface area contributed by atoms with Gasteiger partial charge in [0.05, 0.1) is 18.0 Å². The number of amides is 1. The number of aromatic nitrogens is 3. The van der Waals surface area contributed by atoms with Crippen molar-refractivity contribution < 1.29 is 18.0 Å². The molecule has 3 rings (SSSR count). The molecule has 5 nitrogen and oxygen atoms in total. The van der Waals surface area contributed by atoms with Crippen LogP contribution in [-0.4, -0.2) is 20.5 Å². The Morgan fingerprint density at radius 1 is 1.23 bits per heavy atom. The highest BCUT2D eigenvalue weighted by Crippen LogP contribution is 2.33. The minimum atomic E-state index is -4.61. The van der Waals surface area contributed by atoms with Crippen LogP contribution >= 0.6 is 27.5 Å². The van der Waals surface area contributed by atoms with Crippen LogP contribution in [0.15, 0.2) is 41.0 Å². The van der Waals surface area contributed by atoms with Crippen molar-refractivity contribution in [1.29, 1.82) is 0 Å². The summed E-state index contributed by atoms with van der Waals surface area (Å²) in [7, 11) is 0. The van der Waals surface area contributed by atoms with Gasteiger partial charge in [0.1, 0.15) is 5.56 Å². The summed E-state index contributed by atoms with van der Waals surface area (Å²) in [6, 6.07) is 8.02. The Labute approximate surface area is 159 Å². The summed E-state index contributed by atoms with van der Waals surface area (Å²) in [5.41, 5.74) is -0.539. The van der Waals surface area contributed by atoms with Crippen LogP contribution in [0.1, 0.15) is 17.0 Å². The Morgan fingerprint density at radius 3 is 2.58 bits per heavy atom. The zero-order valence-corrected chi connectivity index (χ0v) is 15.4. The van der Waals surface area contributed by atoms with Gasteiger partial charge in [-0.05, 0) is 23.8 Å². The first kappa shape index (κ1) is 18.7. The Bertz CT molecular complexity index is 957. The number of hydrogen-bond donors (Lipinski definition) is 1. The molecule has 0 atom stereocenters. The molecule has 0 aliphatic rings. The number of nitrogens with zero attached hydrogens (tertiary/aromatic N) is 3. The SMILES string of the molecule is O=C(Cc1ccc(Br)cc1)NCc1nnc2c(C(F)(F)F)cc(Cl)cn12. The van der Waals surface area contributed by atoms with E-state index >= 15 is 0 Å². The third-order valence-electron chi connectivity index (χ3n) is 3.57. The smallest absolute Gasteiger partial charge is 0.348 e. The van der Waals surface area contributed by atoms with Crippen molar-refractivity contribution in [3.63, 3.8) is 0 Å². The minimum Gasteiger partial charge on any atom is -0.348 e. The molecular formula is C16H11BrClF3N4O. The topological polar surface area (TPSA) is 59.3 Å². The van der Waals surface area contributed by atoms with Gasteiger partial charge in [-0.3, -0.25) is 9.20 Å². The average molecular weight is 448 g/mol. The van der Waals surface area contributed by atoms with E-state index in [1.807, 2.05) is 12.1 Å². The molecule has 26 heavy (non-hydrogen) atoms. The fraction of sp³-hybridized carbons (Fsp3) is 0.188. The maximum atomic E-state index is 13.1. The summed E-state index contributed by atoms with van der Waals surface area (Å²) in [5.74, 6) is -0.140. The molecule has 3 aromatic rings. The minimum absolute atomic E-state index is 0.0752. The molecule has 136 valence electrons. The highest BCUT2D eigenvalue weighted by Gasteiger charge is 2.35. The predicted molar refractivity (Wildman–Crippen MR) is 92.7 cm³/mol. The Hall–Kier alpha value is -2.13. The van der Waals surface area contributed by atoms with Gasteiger partial charge < -0.3 is 5.32 Å². The average Bonchev–Trinajstić information content (AvgIpc) is 2.96. The number of nitrogens with one attached hydrogen (secondary N) is 1. The molecule has 10 heteroatoms. The molecular weight excluding hydrogens is 437 g/mol. The van der Waals surface area contributed by atoms with Crippen LogP contribution in [0, 0.1) is 0 Å². The van der Waals surface area contributed by atoms with Crippen LogP contribution in [0.5, 0.6) is 0 Å². The van der Waals surface area contributed by atoms with Crippen molar-refractivity contribution in [1.82, 2.24) is 19.9 Å². The Morgan fingerprint density at radius 2 is 1.92 bits per heavy atom. The second-order valence-electron chi connectivity index (χ2n) is 5.46. The summed E-state index contributed by atoms with van der Waals surface area (Å²) in [6.07, 6.45) is -3.19. The van der Waals surface area contributed by atoms with Crippen molar-refractivity contribution in [2.45, 2.75) is 19.1 Å². The molecule has 0 aliphatic heterocycles. The number of alkyl halides is 3. The molecule has 2 aromatic heterocycles. The predicted octanol–water partition coefficient (Wildman–Crippen LogP) is 4.02. The lowest BCUT2D eigenvalue weighted by atomic mass is 10.1. The summed E-state index contributed by atoms with van der Waals surface area (Å²) < 4.78 is 41.3. The molecule has 0 saturated heterocycles. The molecule has 0 spiro atoms. The molecule has 0 unspecified atom stereocenters. The van der Waals surface area contributed by atoms with E-state index in [1.54, 1.807) is 12.1 Å². The van der Waals surface area contributed by atoms with Gasteiger partial charge >= 0.3 is 6.18 Å². The lowest BCUT2D eigenvalue weighted by Crippen LogP contribution is -2.25. The van der Waals surface area contributed by atoms with E-state index in [2.05, 4.69) is 31.4 Å². The van der Waals surface area contributed by atoms with Crippen LogP contribution in [-0.2, 0) is 23.9 Å². The quantitative estimate of drug-likeness (QED) is 0.657. The number of pyridine rings is 1. The molecule has 2 heterocycles. The second-order valence-corrected chi connectivity index (χ2v) is 6.81. The zero-order valence-electron chi connectivity index (χ0n) is 13.0. The molecule has 0 saturated carbocycles. The van der Waals surface area contributed by atoms with Gasteiger partial charge in [0.2, 0.25) is 5.91 Å². The first-order valence-electron chi connectivity index (χ1n) is 7.35. The third-order valence-corrected chi connectivity index (χ3v) is 4.30. The molecule has 0 fully saturated rings. The van der Waals surface area contributed by atoms with E-state index in [0.29, 0.717) is 0 Å². The largest absolute Gasteiger partial charge is 0.420 e. The summed E-state index contributed by atoms with van der Waals surface area (Å²) in [4.78, 5) is 12.0. The first-order valence-corrected chi connectivity index (χ1v) is 8.52. The number of benzene rings is 1. The van der Waals surface area contributed by atoms with Crippen LogP contribution in [0.4, 0.5) is 13.2 Å². The molecule has 0 aliphatic carbocycles. The van der Waals surface area contributed by atoms with E-state index < -0.39 is 11.7 Å². The molecule has 1 aromatic carbocycles. The van der Waals surface area contributed by atoms with Gasteiger partial charge in [-0.15, -0.1) is 10.2 Å². The maximum absolute atomic E-state index is 13.1. The summed E-state index contributed by atoms with van der Waals surface area (Å²) in [6.45, 7) is -0.0752. The zero-order chi connectivity index (χ0) is 18.9. The lowest BCUT2D eigenvalue weighted by Gasteiger charge is -2.09. The van der Waals surface area contributed by atoms with E-state index in [1.165, 1.54) is 6.20 Å². The van der Waals surface area contributed by atoms with Gasteiger partial charge in [-0.1, -0.05) is 39.7 Å². The van der Waals surface area contributed by atoms with Crippen molar-refractivity contribution >= 4 is 39.1 Å². The summed E-state index contributed by atoms with van der Waals surface area (Å²) >= 11 is 9.08. The van der Waals surface area contributed by atoms with Crippen molar-refractivity contribution in [3.05, 3.63) is 63.0 Å². The molecule has 0 bridgehead atoms. The van der Waals surface area contributed by atoms with Gasteiger partial charge in [-0.2, -0.15) is 13.2 Å². The summed E-state index contributed by atoms with van der Waals surface area (Å²) in [5, 5.41) is 9.83. The number of fused-ring (bicyclic) bond motifs is 1. The fourth-order valence-corrected chi connectivity index (χ4v) is 2.83. The number of carbonyl (C=O) groups excluding carboxylic acids is 1. The Balaban J connectivity index is 1.76. The number of hydrogen-bond acceptors (Lipinski definition) is 3. The first-order chi connectivity index (χ1) is 12.2. The Kier molecular flexibility index (Phi) is 5.19. The standard InChI is InChI=1S/C16H11BrClF3N4O/c17-10-3-1-9(2-4-10)5-14(26)22-7-13-23-24-15-12(16(19,20)21)6-11(18)8-25(13)15/h1-4,6,8H,5,7H2,(H,22,26). The van der Waals surface area contributed by atoms with Crippen LogP contribution < -0.4 is 5.32 Å². The van der Waals surface area contributed by atoms with Gasteiger partial charge in [0.25, 0.3) is 0 Å². The molecule has 1 N–H and O–H groups in total. The normalized spacial score (nSPS) is 11.7. The van der Waals surface area contributed by atoms with Crippen LogP contribution in [0.25, 0.3) is 5.65 Å². The third kappa shape index (κ3) is 4.16. The van der Waals surface area contributed by atoms with Crippen molar-refractivity contribution in [3.8, 4) is 0 Å². The highest BCUT2D eigenvalue weighted by atomic mass is 79.9. The monoisotopic (exact) mass is 446 g/mol. The van der Waals surface area contributed by atoms with Crippen molar-refractivity contribution in [2.75, 3.05) is 0 Å². The van der Waals surface area contributed by atoms with Crippen molar-refractivity contribution in [2.24, 2.45) is 0 Å². The fourth-order valence-electron chi connectivity index (χ4n) is 2.36. The van der Waals surface area contributed by atoms with Gasteiger partial charge in [0, 0.05) is 10.7 Å². The van der Waals surface area contributed by atoms with E-state index in [4.69, 9.17) is 11.6 Å². The molecule has 1 amide bonds. The van der Waals surface area contributed by atoms with Gasteiger partial charge in [0.15, 0.2) is 11.5 Å². The molecule has 0 radical (unpaired) electrons. The number of halogens is 5. The van der Waals surface area contributed by atoms with E-state index in [9.17, 15) is 18.0 Å². The van der Waals surface area contributed by atoms with E-state index in [-0.39, 0.29) is 35.4 Å². The highest BCUT2D eigenvalue weighted by molar-refractivity contribution is 9.10. The van der Waals surface area contributed by atoms with Crippen LogP contribution in [0.2, 0.25) is 5.02 Å². The maximum Gasteiger partial charge on any atom is 0.420 e. The number of rotatable bonds is 4. The van der Waals surface area contributed by atoms with E-state index in [0.717, 1.165) is 20.5 Å². The van der Waals surface area contributed by atoms with Gasteiger partial charge in [-0.25, -0.2) is 0 Å². The van der Waals surface area contributed by atoms with Crippen LogP contribution in [0.3, 0.4) is 0 Å².